The standard InChI is InChI=1S/C18H25N3O2/c1-13-11-17(22)19-15-9-5-6-10-16(15)21(13)18(23)12-20(2)14-7-3-4-8-14/h5-6,9-10,13-14H,3-4,7-8,11-12H2,1-2H3,(H,19,22)/t13-/m1/s1. The Hall–Kier alpha value is -1.88. The van der Waals surface area contributed by atoms with Crippen LogP contribution in [0.1, 0.15) is 39.0 Å². The van der Waals surface area contributed by atoms with E-state index in [0.29, 0.717) is 19.0 Å². The number of amides is 2. The summed E-state index contributed by atoms with van der Waals surface area (Å²) >= 11 is 0. The summed E-state index contributed by atoms with van der Waals surface area (Å²) in [4.78, 5) is 28.9. The third-order valence-corrected chi connectivity index (χ3v) is 4.96. The van der Waals surface area contributed by atoms with Crippen molar-refractivity contribution < 1.29 is 9.59 Å². The molecule has 0 bridgehead atoms. The molecule has 1 aromatic carbocycles. The first-order valence-electron chi connectivity index (χ1n) is 8.47. The number of para-hydroxylation sites is 2. The van der Waals surface area contributed by atoms with Crippen molar-refractivity contribution in [1.29, 1.82) is 0 Å². The Morgan fingerprint density at radius 3 is 2.74 bits per heavy atom. The second kappa shape index (κ2) is 6.71. The summed E-state index contributed by atoms with van der Waals surface area (Å²) in [5, 5.41) is 2.90. The highest BCUT2D eigenvalue weighted by Gasteiger charge is 2.31. The largest absolute Gasteiger partial charge is 0.324 e. The van der Waals surface area contributed by atoms with E-state index < -0.39 is 0 Å². The first kappa shape index (κ1) is 16.0. The van der Waals surface area contributed by atoms with E-state index in [0.717, 1.165) is 11.4 Å². The summed E-state index contributed by atoms with van der Waals surface area (Å²) in [6.45, 7) is 2.34. The lowest BCUT2D eigenvalue weighted by Gasteiger charge is -2.31. The molecule has 5 heteroatoms. The second-order valence-electron chi connectivity index (χ2n) is 6.74. The first-order valence-corrected chi connectivity index (χ1v) is 8.47. The molecule has 3 rings (SSSR count). The smallest absolute Gasteiger partial charge is 0.241 e. The van der Waals surface area contributed by atoms with E-state index in [1.54, 1.807) is 4.90 Å². The topological polar surface area (TPSA) is 52.7 Å². The molecule has 2 amide bonds. The van der Waals surface area contributed by atoms with Crippen molar-refractivity contribution in [3.05, 3.63) is 24.3 Å². The highest BCUT2D eigenvalue weighted by molar-refractivity contribution is 6.04. The molecule has 0 aromatic heterocycles. The van der Waals surface area contributed by atoms with E-state index >= 15 is 0 Å². The summed E-state index contributed by atoms with van der Waals surface area (Å²) in [7, 11) is 2.03. The minimum atomic E-state index is -0.136. The molecule has 1 fully saturated rings. The molecule has 124 valence electrons. The monoisotopic (exact) mass is 315 g/mol. The molecule has 1 aliphatic carbocycles. The molecule has 23 heavy (non-hydrogen) atoms. The number of carbonyl (C=O) groups is 2. The van der Waals surface area contributed by atoms with Gasteiger partial charge >= 0.3 is 0 Å². The maximum absolute atomic E-state index is 12.9. The Balaban J connectivity index is 1.81. The fourth-order valence-electron chi connectivity index (χ4n) is 3.73. The van der Waals surface area contributed by atoms with Gasteiger partial charge < -0.3 is 10.2 Å². The number of anilines is 2. The number of nitrogens with one attached hydrogen (secondary N) is 1. The van der Waals surface area contributed by atoms with E-state index in [1.165, 1.54) is 25.7 Å². The average molecular weight is 315 g/mol. The van der Waals surface area contributed by atoms with Crippen LogP contribution in [0.15, 0.2) is 24.3 Å². The summed E-state index contributed by atoms with van der Waals surface area (Å²) < 4.78 is 0. The third-order valence-electron chi connectivity index (χ3n) is 4.96. The third kappa shape index (κ3) is 3.39. The Morgan fingerprint density at radius 1 is 1.30 bits per heavy atom. The number of likely N-dealkylation sites (N-methyl/N-ethyl adjacent to an activating group) is 1. The maximum Gasteiger partial charge on any atom is 0.241 e. The normalized spacial score (nSPS) is 22.0. The molecule has 5 nitrogen and oxygen atoms in total. The molecule has 0 unspecified atom stereocenters. The molecule has 1 saturated carbocycles. The summed E-state index contributed by atoms with van der Waals surface area (Å²) in [6, 6.07) is 7.92. The SMILES string of the molecule is C[C@@H]1CC(=O)Nc2ccccc2N1C(=O)CN(C)C1CCCC1. The van der Waals surface area contributed by atoms with Gasteiger partial charge in [0.1, 0.15) is 0 Å². The predicted molar refractivity (Wildman–Crippen MR) is 91.5 cm³/mol. The lowest BCUT2D eigenvalue weighted by atomic mass is 10.1. The highest BCUT2D eigenvalue weighted by Crippen LogP contribution is 2.31. The fourth-order valence-corrected chi connectivity index (χ4v) is 3.73. The van der Waals surface area contributed by atoms with Crippen LogP contribution in [-0.4, -0.2) is 42.4 Å². The minimum Gasteiger partial charge on any atom is -0.324 e. The fraction of sp³-hybridized carbons (Fsp3) is 0.556. The Kier molecular flexibility index (Phi) is 4.66. The maximum atomic E-state index is 12.9. The molecule has 1 N–H and O–H groups in total. The molecule has 1 aliphatic heterocycles. The van der Waals surface area contributed by atoms with Gasteiger partial charge in [-0.2, -0.15) is 0 Å². The van der Waals surface area contributed by atoms with Gasteiger partial charge in [0.15, 0.2) is 0 Å². The van der Waals surface area contributed by atoms with Crippen molar-refractivity contribution in [2.45, 2.75) is 51.1 Å². The van der Waals surface area contributed by atoms with E-state index in [2.05, 4.69) is 10.2 Å². The molecule has 0 spiro atoms. The van der Waals surface area contributed by atoms with Crippen LogP contribution >= 0.6 is 0 Å². The van der Waals surface area contributed by atoms with Crippen molar-refractivity contribution in [2.75, 3.05) is 23.8 Å². The van der Waals surface area contributed by atoms with Crippen LogP contribution in [0.4, 0.5) is 11.4 Å². The van der Waals surface area contributed by atoms with Crippen LogP contribution < -0.4 is 10.2 Å². The number of hydrogen-bond donors (Lipinski definition) is 1. The molecule has 1 heterocycles. The molecule has 0 saturated heterocycles. The minimum absolute atomic E-state index is 0.0376. The zero-order valence-electron chi connectivity index (χ0n) is 13.9. The number of hydrogen-bond acceptors (Lipinski definition) is 3. The van der Waals surface area contributed by atoms with Crippen LogP contribution in [0.2, 0.25) is 0 Å². The van der Waals surface area contributed by atoms with Gasteiger partial charge in [-0.15, -0.1) is 0 Å². The molecule has 1 aromatic rings. The van der Waals surface area contributed by atoms with Crippen LogP contribution in [0, 0.1) is 0 Å². The van der Waals surface area contributed by atoms with Gasteiger partial charge in [0, 0.05) is 18.5 Å². The van der Waals surface area contributed by atoms with Crippen LogP contribution in [-0.2, 0) is 9.59 Å². The van der Waals surface area contributed by atoms with E-state index in [1.807, 2.05) is 38.2 Å². The van der Waals surface area contributed by atoms with E-state index in [4.69, 9.17) is 0 Å². The first-order chi connectivity index (χ1) is 11.1. The van der Waals surface area contributed by atoms with Crippen LogP contribution in [0.25, 0.3) is 0 Å². The molecule has 2 aliphatic rings. The van der Waals surface area contributed by atoms with Gasteiger partial charge in [-0.3, -0.25) is 14.5 Å². The van der Waals surface area contributed by atoms with E-state index in [9.17, 15) is 9.59 Å². The van der Waals surface area contributed by atoms with Gasteiger partial charge in [-0.1, -0.05) is 25.0 Å². The van der Waals surface area contributed by atoms with Gasteiger partial charge in [0.25, 0.3) is 0 Å². The van der Waals surface area contributed by atoms with Gasteiger partial charge in [-0.25, -0.2) is 0 Å². The number of carbonyl (C=O) groups excluding carboxylic acids is 2. The summed E-state index contributed by atoms with van der Waals surface area (Å²) in [5.74, 6) is 0.0280. The van der Waals surface area contributed by atoms with Crippen LogP contribution in [0.3, 0.4) is 0 Å². The number of benzene rings is 1. The van der Waals surface area contributed by atoms with Crippen molar-refractivity contribution in [3.63, 3.8) is 0 Å². The zero-order valence-corrected chi connectivity index (χ0v) is 13.9. The number of fused-ring (bicyclic) bond motifs is 1. The zero-order chi connectivity index (χ0) is 16.4. The Labute approximate surface area is 137 Å². The molecule has 0 radical (unpaired) electrons. The van der Waals surface area contributed by atoms with Crippen molar-refractivity contribution >= 4 is 23.2 Å². The highest BCUT2D eigenvalue weighted by atomic mass is 16.2. The van der Waals surface area contributed by atoms with Gasteiger partial charge in [0.2, 0.25) is 11.8 Å². The number of nitrogens with zero attached hydrogens (tertiary/aromatic N) is 2. The molecular formula is C18H25N3O2. The Morgan fingerprint density at radius 2 is 2.00 bits per heavy atom. The average Bonchev–Trinajstić information content (AvgIpc) is 2.99. The predicted octanol–water partition coefficient (Wildman–Crippen LogP) is 2.62. The van der Waals surface area contributed by atoms with Gasteiger partial charge in [-0.05, 0) is 38.9 Å². The van der Waals surface area contributed by atoms with Crippen molar-refractivity contribution in [2.24, 2.45) is 0 Å². The lowest BCUT2D eigenvalue weighted by Crippen LogP contribution is -2.46. The van der Waals surface area contributed by atoms with Crippen molar-refractivity contribution in [1.82, 2.24) is 4.90 Å². The molecule has 1 atom stereocenters. The summed E-state index contributed by atoms with van der Waals surface area (Å²) in [5.41, 5.74) is 1.52. The second-order valence-corrected chi connectivity index (χ2v) is 6.74. The van der Waals surface area contributed by atoms with Crippen LogP contribution in [0.5, 0.6) is 0 Å². The summed E-state index contributed by atoms with van der Waals surface area (Å²) in [6.07, 6.45) is 5.19. The number of rotatable bonds is 3. The van der Waals surface area contributed by atoms with Crippen molar-refractivity contribution in [3.8, 4) is 0 Å². The van der Waals surface area contributed by atoms with E-state index in [-0.39, 0.29) is 17.9 Å². The quantitative estimate of drug-likeness (QED) is 0.933. The Bertz CT molecular complexity index is 596. The lowest BCUT2D eigenvalue weighted by molar-refractivity contribution is -0.120. The molecular weight excluding hydrogens is 290 g/mol. The van der Waals surface area contributed by atoms with Gasteiger partial charge in [0.05, 0.1) is 17.9 Å².